The lowest BCUT2D eigenvalue weighted by Crippen LogP contribution is -2.61. The molecule has 0 aromatic heterocycles. The predicted molar refractivity (Wildman–Crippen MR) is 194 cm³/mol. The van der Waals surface area contributed by atoms with E-state index in [1.165, 1.54) is 141 Å². The van der Waals surface area contributed by atoms with Gasteiger partial charge in [-0.05, 0) is 98.2 Å². The molecule has 0 radical (unpaired) electrons. The Hall–Kier alpha value is -0.320. The van der Waals surface area contributed by atoms with Gasteiger partial charge in [0.15, 0.2) is 0 Å². The molecule has 8 N–H and O–H groups in total. The highest BCUT2D eigenvalue weighted by Gasteiger charge is 2.55. The normalized spacial score (nSPS) is 51.6. The second-order valence-electron chi connectivity index (χ2n) is 18.5. The molecule has 9 rings (SSSR count). The number of hydrogen-bond donors (Lipinski definition) is 8. The van der Waals surface area contributed by atoms with E-state index in [2.05, 4.69) is 49.5 Å². The Bertz CT molecular complexity index is 1060. The van der Waals surface area contributed by atoms with E-state index in [4.69, 9.17) is 0 Å². The topological polar surface area (TPSA) is 96.2 Å². The van der Waals surface area contributed by atoms with Crippen molar-refractivity contribution in [3.05, 3.63) is 0 Å². The SMILES string of the molecule is CCCCCCCCC1CCCC2C3NC4NC(NC5NC(NC6NC(NC(N3)C12)C1CCCCC61)C1CCCCC51)C1CCCCC41. The first-order valence-corrected chi connectivity index (χ1v) is 21.8. The number of unbranched alkanes of at least 4 members (excludes halogenated alkanes) is 5. The van der Waals surface area contributed by atoms with E-state index in [0.717, 1.165) is 53.3 Å². The van der Waals surface area contributed by atoms with Gasteiger partial charge in [0.25, 0.3) is 0 Å². The Labute approximate surface area is 292 Å². The van der Waals surface area contributed by atoms with Gasteiger partial charge in [-0.3, -0.25) is 42.5 Å². The number of hydrogen-bond acceptors (Lipinski definition) is 8. The maximum Gasteiger partial charge on any atom is 0.0631 e. The molecule has 5 aliphatic heterocycles. The first-order chi connectivity index (χ1) is 23.7. The molecule has 9 aliphatic rings. The quantitative estimate of drug-likeness (QED) is 0.167. The maximum absolute atomic E-state index is 4.41. The number of fused-ring (bicyclic) bond motifs is 20. The second kappa shape index (κ2) is 15.0. The van der Waals surface area contributed by atoms with Crippen molar-refractivity contribution in [3.8, 4) is 0 Å². The Morgan fingerprint density at radius 2 is 0.667 bits per heavy atom. The minimum Gasteiger partial charge on any atom is -0.286 e. The summed E-state index contributed by atoms with van der Waals surface area (Å²) in [6.45, 7) is 2.34. The summed E-state index contributed by atoms with van der Waals surface area (Å²) in [5.41, 5.74) is 0. The molecule has 0 aromatic rings. The van der Waals surface area contributed by atoms with Gasteiger partial charge in [-0.25, -0.2) is 0 Å². The van der Waals surface area contributed by atoms with E-state index in [1.54, 1.807) is 0 Å². The Morgan fingerprint density at radius 3 is 1.08 bits per heavy atom. The lowest BCUT2D eigenvalue weighted by molar-refractivity contribution is 0.115. The van der Waals surface area contributed by atoms with E-state index >= 15 is 0 Å². The predicted octanol–water partition coefficient (Wildman–Crippen LogP) is 5.58. The van der Waals surface area contributed by atoms with Gasteiger partial charge in [0.05, 0.1) is 49.3 Å². The van der Waals surface area contributed by atoms with Crippen LogP contribution in [0.4, 0.5) is 0 Å². The Kier molecular flexibility index (Phi) is 10.4. The summed E-state index contributed by atoms with van der Waals surface area (Å²) in [5.74, 6) is 6.73. The van der Waals surface area contributed by atoms with Gasteiger partial charge in [-0.1, -0.05) is 103 Å². The largest absolute Gasteiger partial charge is 0.286 e. The fourth-order valence-corrected chi connectivity index (χ4v) is 13.7. The first-order valence-electron chi connectivity index (χ1n) is 21.8. The molecule has 5 saturated heterocycles. The molecule has 0 amide bonds. The fraction of sp³-hybridized carbons (Fsp3) is 1.00. The molecule has 4 aliphatic carbocycles. The minimum absolute atomic E-state index is 0.402. The van der Waals surface area contributed by atoms with E-state index in [0.29, 0.717) is 49.3 Å². The fourth-order valence-electron chi connectivity index (χ4n) is 13.7. The third-order valence-corrected chi connectivity index (χ3v) is 16.0. The summed E-state index contributed by atoms with van der Waals surface area (Å²) in [6.07, 6.45) is 34.1. The molecule has 8 nitrogen and oxygen atoms in total. The third-order valence-electron chi connectivity index (χ3n) is 16.0. The molecule has 8 heteroatoms. The van der Waals surface area contributed by atoms with Crippen LogP contribution in [-0.4, -0.2) is 49.3 Å². The van der Waals surface area contributed by atoms with Crippen LogP contribution in [0.5, 0.6) is 0 Å². The zero-order chi connectivity index (χ0) is 32.0. The molecule has 272 valence electrons. The van der Waals surface area contributed by atoms with Gasteiger partial charge in [-0.2, -0.15) is 0 Å². The van der Waals surface area contributed by atoms with E-state index in [-0.39, 0.29) is 0 Å². The van der Waals surface area contributed by atoms with Gasteiger partial charge in [0.2, 0.25) is 0 Å². The molecule has 17 atom stereocenters. The molecular weight excluding hydrogens is 592 g/mol. The van der Waals surface area contributed by atoms with Crippen molar-refractivity contribution in [2.75, 3.05) is 0 Å². The standard InChI is InChI=1S/C40H72N8/c1-2-3-4-5-6-7-15-24-16-14-23-31-32(24)40-47-38-30-22-13-12-21-29(30)36(45-38)43-34-26-18-9-8-17-25(26)33(41-34)42-35-27-19-10-11-20-28(27)37(44-35)46-39(31)48-40/h24-48H,2-23H2,1H3. The molecule has 0 spiro atoms. The summed E-state index contributed by atoms with van der Waals surface area (Å²) in [5, 5.41) is 34.5. The van der Waals surface area contributed by atoms with Crippen molar-refractivity contribution >= 4 is 0 Å². The van der Waals surface area contributed by atoms with Crippen molar-refractivity contribution < 1.29 is 0 Å². The van der Waals surface area contributed by atoms with Gasteiger partial charge in [0.1, 0.15) is 0 Å². The molecule has 9 fully saturated rings. The summed E-state index contributed by atoms with van der Waals surface area (Å²) in [4.78, 5) is 0. The average Bonchev–Trinajstić information content (AvgIpc) is 3.86. The Morgan fingerprint density at radius 1 is 0.333 bits per heavy atom. The van der Waals surface area contributed by atoms with Crippen LogP contribution in [0, 0.1) is 53.3 Å². The lowest BCUT2D eigenvalue weighted by Gasteiger charge is -2.39. The summed E-state index contributed by atoms with van der Waals surface area (Å²) < 4.78 is 0. The molecule has 4 saturated carbocycles. The molecule has 17 unspecified atom stereocenters. The van der Waals surface area contributed by atoms with E-state index < -0.39 is 0 Å². The molecule has 0 aromatic carbocycles. The van der Waals surface area contributed by atoms with Crippen molar-refractivity contribution in [1.82, 2.24) is 42.5 Å². The summed E-state index contributed by atoms with van der Waals surface area (Å²) in [7, 11) is 0. The van der Waals surface area contributed by atoms with Crippen LogP contribution in [0.25, 0.3) is 0 Å². The van der Waals surface area contributed by atoms with Crippen LogP contribution >= 0.6 is 0 Å². The van der Waals surface area contributed by atoms with Crippen LogP contribution in [0.15, 0.2) is 0 Å². The molecule has 48 heavy (non-hydrogen) atoms. The van der Waals surface area contributed by atoms with Gasteiger partial charge in [0, 0.05) is 0 Å². The zero-order valence-electron chi connectivity index (χ0n) is 30.4. The van der Waals surface area contributed by atoms with Gasteiger partial charge in [-0.15, -0.1) is 0 Å². The number of nitrogens with one attached hydrogen (secondary N) is 8. The van der Waals surface area contributed by atoms with Crippen LogP contribution in [0.3, 0.4) is 0 Å². The van der Waals surface area contributed by atoms with Gasteiger partial charge < -0.3 is 0 Å². The molecule has 8 bridgehead atoms. The van der Waals surface area contributed by atoms with Crippen LogP contribution in [0.1, 0.15) is 148 Å². The minimum atomic E-state index is 0.402. The van der Waals surface area contributed by atoms with Crippen molar-refractivity contribution in [2.24, 2.45) is 53.3 Å². The van der Waals surface area contributed by atoms with Crippen molar-refractivity contribution in [1.29, 1.82) is 0 Å². The Balaban J connectivity index is 1.00. The highest BCUT2D eigenvalue weighted by Crippen LogP contribution is 2.47. The van der Waals surface area contributed by atoms with Crippen LogP contribution in [-0.2, 0) is 0 Å². The lowest BCUT2D eigenvalue weighted by atomic mass is 9.69. The van der Waals surface area contributed by atoms with Crippen LogP contribution in [0.2, 0.25) is 0 Å². The summed E-state index contributed by atoms with van der Waals surface area (Å²) >= 11 is 0. The third kappa shape index (κ3) is 6.47. The summed E-state index contributed by atoms with van der Waals surface area (Å²) in [6, 6.07) is 0. The molecular formula is C40H72N8. The molecule has 5 heterocycles. The first kappa shape index (κ1) is 33.5. The van der Waals surface area contributed by atoms with Crippen LogP contribution < -0.4 is 42.5 Å². The maximum atomic E-state index is 4.41. The smallest absolute Gasteiger partial charge is 0.0631 e. The number of rotatable bonds is 7. The average molecular weight is 665 g/mol. The highest BCUT2D eigenvalue weighted by atomic mass is 15.4. The zero-order valence-corrected chi connectivity index (χ0v) is 30.4. The van der Waals surface area contributed by atoms with E-state index in [9.17, 15) is 0 Å². The van der Waals surface area contributed by atoms with Crippen molar-refractivity contribution in [2.45, 2.75) is 198 Å². The second-order valence-corrected chi connectivity index (χ2v) is 18.5. The highest BCUT2D eigenvalue weighted by molar-refractivity contribution is 5.09. The van der Waals surface area contributed by atoms with Gasteiger partial charge >= 0.3 is 0 Å². The van der Waals surface area contributed by atoms with Crippen molar-refractivity contribution in [3.63, 3.8) is 0 Å². The van der Waals surface area contributed by atoms with E-state index in [1.807, 2.05) is 0 Å². The monoisotopic (exact) mass is 665 g/mol.